The SMILES string of the molecule is NC(=O)c1ccc(N2CC2)c([N+](=O)[O-])c1[N+](=O)[O-]. The fourth-order valence-corrected chi connectivity index (χ4v) is 1.68. The van der Waals surface area contributed by atoms with Crippen LogP contribution in [0.3, 0.4) is 0 Å². The summed E-state index contributed by atoms with van der Waals surface area (Å²) in [6.45, 7) is 1.18. The molecule has 1 saturated heterocycles. The normalized spacial score (nSPS) is 13.2. The number of primary amides is 1. The van der Waals surface area contributed by atoms with Crippen molar-refractivity contribution in [1.82, 2.24) is 0 Å². The zero-order valence-electron chi connectivity index (χ0n) is 9.03. The van der Waals surface area contributed by atoms with Crippen LogP contribution >= 0.6 is 0 Å². The minimum Gasteiger partial charge on any atom is -0.365 e. The number of amides is 1. The van der Waals surface area contributed by atoms with Gasteiger partial charge in [0.25, 0.3) is 5.91 Å². The fraction of sp³-hybridized carbons (Fsp3) is 0.222. The molecule has 0 saturated carbocycles. The first-order valence-electron chi connectivity index (χ1n) is 4.94. The molecule has 1 amide bonds. The van der Waals surface area contributed by atoms with E-state index in [0.717, 1.165) is 6.07 Å². The molecule has 0 aliphatic carbocycles. The summed E-state index contributed by atoms with van der Waals surface area (Å²) in [6.07, 6.45) is 0. The second-order valence-electron chi connectivity index (χ2n) is 3.69. The predicted octanol–water partition coefficient (Wildman–Crippen LogP) is 0.422. The Morgan fingerprint density at radius 1 is 1.17 bits per heavy atom. The van der Waals surface area contributed by atoms with Gasteiger partial charge in [0.2, 0.25) is 0 Å². The van der Waals surface area contributed by atoms with Crippen LogP contribution in [0.25, 0.3) is 0 Å². The van der Waals surface area contributed by atoms with Gasteiger partial charge in [-0.2, -0.15) is 0 Å². The lowest BCUT2D eigenvalue weighted by molar-refractivity contribution is -0.422. The van der Waals surface area contributed by atoms with Crippen LogP contribution < -0.4 is 10.6 Å². The van der Waals surface area contributed by atoms with Crippen molar-refractivity contribution < 1.29 is 14.6 Å². The van der Waals surface area contributed by atoms with Gasteiger partial charge in [-0.15, -0.1) is 0 Å². The van der Waals surface area contributed by atoms with Gasteiger partial charge in [0.05, 0.1) is 9.85 Å². The number of hydrogen-bond donors (Lipinski definition) is 1. The summed E-state index contributed by atoms with van der Waals surface area (Å²) in [5.41, 5.74) is 3.12. The van der Waals surface area contributed by atoms with Crippen LogP contribution in [-0.4, -0.2) is 28.8 Å². The lowest BCUT2D eigenvalue weighted by atomic mass is 10.1. The first kappa shape index (κ1) is 11.8. The summed E-state index contributed by atoms with van der Waals surface area (Å²) in [6, 6.07) is 2.44. The molecule has 0 radical (unpaired) electrons. The minimum absolute atomic E-state index is 0.136. The van der Waals surface area contributed by atoms with Crippen molar-refractivity contribution in [2.24, 2.45) is 5.73 Å². The van der Waals surface area contributed by atoms with Crippen molar-refractivity contribution >= 4 is 23.0 Å². The summed E-state index contributed by atoms with van der Waals surface area (Å²) in [5, 5.41) is 21.9. The predicted molar refractivity (Wildman–Crippen MR) is 60.5 cm³/mol. The molecule has 0 aromatic heterocycles. The molecule has 1 aliphatic rings. The Bertz CT molecular complexity index is 566. The van der Waals surface area contributed by atoms with Gasteiger partial charge in [-0.1, -0.05) is 0 Å². The summed E-state index contributed by atoms with van der Waals surface area (Å²) in [7, 11) is 0. The third-order valence-corrected chi connectivity index (χ3v) is 2.55. The molecule has 94 valence electrons. The molecular weight excluding hydrogens is 244 g/mol. The third-order valence-electron chi connectivity index (χ3n) is 2.55. The lowest BCUT2D eigenvalue weighted by Crippen LogP contribution is -2.15. The van der Waals surface area contributed by atoms with Crippen LogP contribution in [0.5, 0.6) is 0 Å². The van der Waals surface area contributed by atoms with Gasteiger partial charge >= 0.3 is 11.4 Å². The third kappa shape index (κ3) is 1.81. The molecule has 9 nitrogen and oxygen atoms in total. The van der Waals surface area contributed by atoms with Crippen molar-refractivity contribution in [3.63, 3.8) is 0 Å². The number of rotatable bonds is 4. The van der Waals surface area contributed by atoms with E-state index in [1.54, 1.807) is 4.90 Å². The molecular formula is C9H8N4O5. The number of nitro groups is 2. The van der Waals surface area contributed by atoms with Crippen LogP contribution in [-0.2, 0) is 0 Å². The van der Waals surface area contributed by atoms with Gasteiger partial charge < -0.3 is 10.6 Å². The van der Waals surface area contributed by atoms with Gasteiger partial charge in [0.1, 0.15) is 11.3 Å². The number of anilines is 1. The van der Waals surface area contributed by atoms with Crippen molar-refractivity contribution in [3.8, 4) is 0 Å². The molecule has 0 bridgehead atoms. The molecule has 1 aromatic carbocycles. The Kier molecular flexibility index (Phi) is 2.58. The van der Waals surface area contributed by atoms with Crippen molar-refractivity contribution in [2.45, 2.75) is 0 Å². The van der Waals surface area contributed by atoms with Crippen molar-refractivity contribution in [1.29, 1.82) is 0 Å². The fourth-order valence-electron chi connectivity index (χ4n) is 1.68. The second kappa shape index (κ2) is 3.95. The zero-order chi connectivity index (χ0) is 13.4. The maximum absolute atomic E-state index is 11.1. The van der Waals surface area contributed by atoms with E-state index in [2.05, 4.69) is 0 Å². The molecule has 9 heteroatoms. The Hall–Kier alpha value is -2.71. The lowest BCUT2D eigenvalue weighted by Gasteiger charge is -2.06. The van der Waals surface area contributed by atoms with E-state index in [-0.39, 0.29) is 5.69 Å². The first-order valence-corrected chi connectivity index (χ1v) is 4.94. The Balaban J connectivity index is 2.75. The molecule has 2 rings (SSSR count). The highest BCUT2D eigenvalue weighted by molar-refractivity contribution is 6.00. The van der Waals surface area contributed by atoms with Gasteiger partial charge in [-0.05, 0) is 12.1 Å². The monoisotopic (exact) mass is 252 g/mol. The van der Waals surface area contributed by atoms with Gasteiger partial charge in [-0.25, -0.2) is 0 Å². The molecule has 1 aromatic rings. The van der Waals surface area contributed by atoms with Crippen LogP contribution in [0.4, 0.5) is 17.1 Å². The van der Waals surface area contributed by atoms with Gasteiger partial charge in [-0.3, -0.25) is 25.0 Å². The smallest absolute Gasteiger partial charge is 0.365 e. The maximum Gasteiger partial charge on any atom is 0.369 e. The van der Waals surface area contributed by atoms with E-state index in [4.69, 9.17) is 5.73 Å². The number of nitro benzene ring substituents is 2. The average molecular weight is 252 g/mol. The van der Waals surface area contributed by atoms with Crippen LogP contribution in [0.2, 0.25) is 0 Å². The molecule has 1 heterocycles. The highest BCUT2D eigenvalue weighted by Gasteiger charge is 2.38. The maximum atomic E-state index is 11.1. The molecule has 0 atom stereocenters. The van der Waals surface area contributed by atoms with E-state index in [1.807, 2.05) is 0 Å². The highest BCUT2D eigenvalue weighted by atomic mass is 16.6. The quantitative estimate of drug-likeness (QED) is 0.469. The Morgan fingerprint density at radius 2 is 1.72 bits per heavy atom. The standard InChI is InChI=1S/C9H8N4O5/c10-9(14)5-1-2-6(11-3-4-11)8(13(17)18)7(5)12(15)16/h1-2H,3-4H2,(H2,10,14). The van der Waals surface area contributed by atoms with E-state index < -0.39 is 32.7 Å². The van der Waals surface area contributed by atoms with E-state index in [9.17, 15) is 25.0 Å². The number of nitrogens with two attached hydrogens (primary N) is 1. The first-order chi connectivity index (χ1) is 8.43. The molecule has 1 fully saturated rings. The van der Waals surface area contributed by atoms with Gasteiger partial charge in [0, 0.05) is 13.1 Å². The van der Waals surface area contributed by atoms with Crippen molar-refractivity contribution in [3.05, 3.63) is 37.9 Å². The summed E-state index contributed by atoms with van der Waals surface area (Å²) in [4.78, 5) is 32.8. The number of nitrogens with zero attached hydrogens (tertiary/aromatic N) is 3. The molecule has 0 spiro atoms. The summed E-state index contributed by atoms with van der Waals surface area (Å²) >= 11 is 0. The summed E-state index contributed by atoms with van der Waals surface area (Å²) in [5.74, 6) is -1.07. The molecule has 18 heavy (non-hydrogen) atoms. The van der Waals surface area contributed by atoms with Crippen molar-refractivity contribution in [2.75, 3.05) is 18.0 Å². The Labute approximate surface area is 100 Å². The number of carbonyl (C=O) groups excluding carboxylic acids is 1. The molecule has 0 unspecified atom stereocenters. The summed E-state index contributed by atoms with van der Waals surface area (Å²) < 4.78 is 0. The van der Waals surface area contributed by atoms with Crippen LogP contribution in [0, 0.1) is 20.2 Å². The van der Waals surface area contributed by atoms with Crippen LogP contribution in [0.15, 0.2) is 12.1 Å². The topological polar surface area (TPSA) is 132 Å². The number of benzene rings is 1. The van der Waals surface area contributed by atoms with Crippen LogP contribution in [0.1, 0.15) is 10.4 Å². The van der Waals surface area contributed by atoms with Gasteiger partial charge in [0.15, 0.2) is 0 Å². The van der Waals surface area contributed by atoms with E-state index in [0.29, 0.717) is 13.1 Å². The minimum atomic E-state index is -1.07. The highest BCUT2D eigenvalue weighted by Crippen LogP contribution is 2.41. The van der Waals surface area contributed by atoms with E-state index in [1.165, 1.54) is 6.07 Å². The largest absolute Gasteiger partial charge is 0.369 e. The molecule has 1 aliphatic heterocycles. The van der Waals surface area contributed by atoms with E-state index >= 15 is 0 Å². The molecule has 2 N–H and O–H groups in total. The average Bonchev–Trinajstić information content (AvgIpc) is 3.10. The Morgan fingerprint density at radius 3 is 2.11 bits per heavy atom. The zero-order valence-corrected chi connectivity index (χ0v) is 9.03. The number of carbonyl (C=O) groups is 1. The second-order valence-corrected chi connectivity index (χ2v) is 3.69. The number of hydrogen-bond acceptors (Lipinski definition) is 6.